The highest BCUT2D eigenvalue weighted by atomic mass is 35.5. The molecule has 0 bridgehead atoms. The molecule has 4 aromatic carbocycles. The molecule has 3 amide bonds. The lowest BCUT2D eigenvalue weighted by atomic mass is 10.1. The van der Waals surface area contributed by atoms with Gasteiger partial charge in [-0.3, -0.25) is 19.3 Å². The molecule has 1 aliphatic heterocycles. The molecular weight excluding hydrogens is 649 g/mol. The average molecular weight is 681 g/mol. The molecular formula is C34H31Cl2N3O6S. The van der Waals surface area contributed by atoms with E-state index in [9.17, 15) is 14.4 Å². The van der Waals surface area contributed by atoms with Crippen LogP contribution in [0.15, 0.2) is 84.9 Å². The molecule has 0 aromatic heterocycles. The van der Waals surface area contributed by atoms with Crippen LogP contribution in [0.4, 0.5) is 5.69 Å². The van der Waals surface area contributed by atoms with Gasteiger partial charge in [0.25, 0.3) is 0 Å². The first-order chi connectivity index (χ1) is 22.1. The highest BCUT2D eigenvalue weighted by Crippen LogP contribution is 2.47. The molecule has 238 valence electrons. The fourth-order valence-corrected chi connectivity index (χ4v) is 7.00. The fourth-order valence-electron chi connectivity index (χ4n) is 5.06. The van der Waals surface area contributed by atoms with E-state index < -0.39 is 16.5 Å². The lowest BCUT2D eigenvalue weighted by Gasteiger charge is -2.25. The van der Waals surface area contributed by atoms with Crippen LogP contribution < -0.4 is 30.2 Å². The molecule has 3 N–H and O–H groups in total. The van der Waals surface area contributed by atoms with Crippen molar-refractivity contribution >= 4 is 58.4 Å². The third-order valence-electron chi connectivity index (χ3n) is 7.22. The van der Waals surface area contributed by atoms with Crippen molar-refractivity contribution in [1.82, 2.24) is 5.32 Å². The summed E-state index contributed by atoms with van der Waals surface area (Å²) in [6.07, 6.45) is 0.534. The zero-order chi connectivity index (χ0) is 32.8. The summed E-state index contributed by atoms with van der Waals surface area (Å²) in [4.78, 5) is 40.5. The maximum absolute atomic E-state index is 13.9. The van der Waals surface area contributed by atoms with Crippen molar-refractivity contribution in [3.05, 3.63) is 112 Å². The Morgan fingerprint density at radius 2 is 1.63 bits per heavy atom. The molecule has 0 unspecified atom stereocenters. The number of halogens is 2. The second-order valence-corrected chi connectivity index (χ2v) is 12.5. The fraction of sp³-hybridized carbons (Fsp3) is 0.206. The predicted molar refractivity (Wildman–Crippen MR) is 180 cm³/mol. The van der Waals surface area contributed by atoms with Crippen molar-refractivity contribution in [1.29, 1.82) is 0 Å². The Balaban J connectivity index is 1.34. The number of nitrogens with one attached hydrogen (secondary N) is 1. The quantitative estimate of drug-likeness (QED) is 0.169. The first-order valence-corrected chi connectivity index (χ1v) is 15.9. The Bertz CT molecular complexity index is 1750. The third kappa shape index (κ3) is 7.88. The van der Waals surface area contributed by atoms with Crippen molar-refractivity contribution in [3.8, 4) is 23.0 Å². The molecule has 1 fully saturated rings. The van der Waals surface area contributed by atoms with Crippen LogP contribution in [0.1, 0.15) is 33.3 Å². The van der Waals surface area contributed by atoms with Gasteiger partial charge in [-0.1, -0.05) is 47.5 Å². The number of rotatable bonds is 12. The molecule has 0 aliphatic carbocycles. The van der Waals surface area contributed by atoms with Crippen molar-refractivity contribution in [2.45, 2.75) is 23.5 Å². The van der Waals surface area contributed by atoms with Crippen molar-refractivity contribution in [2.24, 2.45) is 5.73 Å². The minimum atomic E-state index is -0.681. The van der Waals surface area contributed by atoms with Crippen LogP contribution in [0.3, 0.4) is 0 Å². The van der Waals surface area contributed by atoms with Gasteiger partial charge >= 0.3 is 0 Å². The number of primary amides is 1. The second kappa shape index (κ2) is 14.8. The van der Waals surface area contributed by atoms with E-state index >= 15 is 0 Å². The van der Waals surface area contributed by atoms with Crippen molar-refractivity contribution in [2.75, 3.05) is 25.7 Å². The Morgan fingerprint density at radius 3 is 2.35 bits per heavy atom. The molecule has 5 rings (SSSR count). The normalized spacial score (nSPS) is 15.8. The summed E-state index contributed by atoms with van der Waals surface area (Å²) in [6.45, 7) is 0.376. The van der Waals surface area contributed by atoms with Crippen LogP contribution in [0.5, 0.6) is 23.0 Å². The maximum atomic E-state index is 13.9. The molecule has 1 aliphatic rings. The summed E-state index contributed by atoms with van der Waals surface area (Å²) in [5.74, 6) is 1.06. The van der Waals surface area contributed by atoms with Gasteiger partial charge in [0.15, 0.2) is 11.5 Å². The molecule has 0 spiro atoms. The molecule has 12 heteroatoms. The van der Waals surface area contributed by atoms with E-state index in [1.807, 2.05) is 36.4 Å². The van der Waals surface area contributed by atoms with Gasteiger partial charge in [0.05, 0.1) is 19.5 Å². The molecule has 2 atom stereocenters. The number of methoxy groups -OCH3 is 2. The Hall–Kier alpha value is -4.38. The molecule has 46 heavy (non-hydrogen) atoms. The highest BCUT2D eigenvalue weighted by Gasteiger charge is 2.43. The van der Waals surface area contributed by atoms with Crippen LogP contribution in [-0.4, -0.2) is 43.7 Å². The molecule has 4 aromatic rings. The second-order valence-electron chi connectivity index (χ2n) is 10.4. The van der Waals surface area contributed by atoms with Gasteiger partial charge in [-0.25, -0.2) is 0 Å². The molecule has 1 saturated heterocycles. The largest absolute Gasteiger partial charge is 0.493 e. The SMILES string of the molecule is COc1ccc(CCNC(=O)C[C@H]2S[C@@H](c3cccc(Oc4cc(Cl)cc(Cl)c4)c3)N(c3cccc(C(N)=O)c3)C2=O)cc1OC. The average Bonchev–Trinajstić information content (AvgIpc) is 3.35. The number of hydrogen-bond donors (Lipinski definition) is 2. The van der Waals surface area contributed by atoms with Gasteiger partial charge in [-0.05, 0) is 78.2 Å². The molecule has 0 saturated carbocycles. The summed E-state index contributed by atoms with van der Waals surface area (Å²) in [6, 6.07) is 24.3. The smallest absolute Gasteiger partial charge is 0.248 e. The number of nitrogens with zero attached hydrogens (tertiary/aromatic N) is 1. The van der Waals surface area contributed by atoms with Gasteiger partial charge in [-0.2, -0.15) is 0 Å². The minimum Gasteiger partial charge on any atom is -0.493 e. The number of ether oxygens (including phenoxy) is 3. The summed E-state index contributed by atoms with van der Waals surface area (Å²) >= 11 is 13.6. The topological polar surface area (TPSA) is 120 Å². The Kier molecular flexibility index (Phi) is 10.6. The number of carbonyl (C=O) groups is 3. The van der Waals surface area contributed by atoms with E-state index in [2.05, 4.69) is 5.32 Å². The van der Waals surface area contributed by atoms with Crippen LogP contribution in [-0.2, 0) is 16.0 Å². The molecule has 1 heterocycles. The van der Waals surface area contributed by atoms with Crippen LogP contribution >= 0.6 is 35.0 Å². The standard InChI is InChI=1S/C34H31Cl2N3O6S/c1-43-28-10-9-20(13-29(28)44-2)11-12-38-31(40)19-30-33(42)39(25-7-3-5-21(14-25)32(37)41)34(46-30)22-6-4-8-26(15-22)45-27-17-23(35)16-24(36)18-27/h3-10,13-18,30,34H,11-12,19H2,1-2H3,(H2,37,41)(H,38,40)/t30-,34+/m1/s1. The Labute approximate surface area is 280 Å². The van der Waals surface area contributed by atoms with Crippen LogP contribution in [0, 0.1) is 0 Å². The molecule has 9 nitrogen and oxygen atoms in total. The predicted octanol–water partition coefficient (Wildman–Crippen LogP) is 6.80. The summed E-state index contributed by atoms with van der Waals surface area (Å²) in [5.41, 5.74) is 8.01. The number of thioether (sulfide) groups is 1. The van der Waals surface area contributed by atoms with E-state index in [1.54, 1.807) is 67.7 Å². The zero-order valence-electron chi connectivity index (χ0n) is 25.0. The lowest BCUT2D eigenvalue weighted by molar-refractivity contribution is -0.124. The number of benzene rings is 4. The van der Waals surface area contributed by atoms with Gasteiger partial charge in [-0.15, -0.1) is 11.8 Å². The van der Waals surface area contributed by atoms with Crippen molar-refractivity contribution < 1.29 is 28.6 Å². The third-order valence-corrected chi connectivity index (χ3v) is 9.09. The number of nitrogens with two attached hydrogens (primary N) is 1. The summed E-state index contributed by atoms with van der Waals surface area (Å²) in [7, 11) is 3.14. The van der Waals surface area contributed by atoms with E-state index in [-0.39, 0.29) is 23.8 Å². The molecule has 0 radical (unpaired) electrons. The monoisotopic (exact) mass is 679 g/mol. The van der Waals surface area contributed by atoms with E-state index in [0.29, 0.717) is 51.7 Å². The summed E-state index contributed by atoms with van der Waals surface area (Å²) in [5, 5.41) is 2.59. The number of hydrogen-bond acceptors (Lipinski definition) is 7. The highest BCUT2D eigenvalue weighted by molar-refractivity contribution is 8.01. The first-order valence-electron chi connectivity index (χ1n) is 14.2. The first kappa shape index (κ1) is 33.0. The van der Waals surface area contributed by atoms with Gasteiger partial charge in [0.2, 0.25) is 17.7 Å². The van der Waals surface area contributed by atoms with Gasteiger partial charge in [0, 0.05) is 34.3 Å². The number of anilines is 1. The zero-order valence-corrected chi connectivity index (χ0v) is 27.3. The van der Waals surface area contributed by atoms with Crippen molar-refractivity contribution in [3.63, 3.8) is 0 Å². The van der Waals surface area contributed by atoms with Gasteiger partial charge in [0.1, 0.15) is 16.9 Å². The Morgan fingerprint density at radius 1 is 0.891 bits per heavy atom. The van der Waals surface area contributed by atoms with Crippen LogP contribution in [0.25, 0.3) is 0 Å². The van der Waals surface area contributed by atoms with E-state index in [0.717, 1.165) is 11.1 Å². The number of amides is 3. The van der Waals surface area contributed by atoms with Crippen LogP contribution in [0.2, 0.25) is 10.0 Å². The van der Waals surface area contributed by atoms with Gasteiger partial charge < -0.3 is 25.3 Å². The lowest BCUT2D eigenvalue weighted by Crippen LogP contribution is -2.34. The maximum Gasteiger partial charge on any atom is 0.248 e. The minimum absolute atomic E-state index is 0.0326. The van der Waals surface area contributed by atoms with E-state index in [1.165, 1.54) is 11.8 Å². The van der Waals surface area contributed by atoms with E-state index in [4.69, 9.17) is 43.1 Å². The number of carbonyl (C=O) groups excluding carboxylic acids is 3. The summed E-state index contributed by atoms with van der Waals surface area (Å²) < 4.78 is 16.7.